The molecule has 0 radical (unpaired) electrons. The van der Waals surface area contributed by atoms with Crippen LogP contribution in [0.15, 0.2) is 36.4 Å². The van der Waals surface area contributed by atoms with Crippen molar-refractivity contribution in [2.45, 2.75) is 25.5 Å². The number of alkyl halides is 9. The van der Waals surface area contributed by atoms with Crippen LogP contribution in [0.5, 0.6) is 0 Å². The van der Waals surface area contributed by atoms with Gasteiger partial charge in [-0.1, -0.05) is 23.8 Å². The highest BCUT2D eigenvalue weighted by molar-refractivity contribution is 5.73. The van der Waals surface area contributed by atoms with E-state index in [0.29, 0.717) is 18.2 Å². The molecule has 0 aliphatic rings. The first-order valence-electron chi connectivity index (χ1n) is 6.68. The molecule has 0 nitrogen and oxygen atoms in total. The fourth-order valence-electron chi connectivity index (χ4n) is 2.32. The lowest BCUT2D eigenvalue weighted by atomic mass is 9.92. The van der Waals surface area contributed by atoms with Crippen molar-refractivity contribution in [1.82, 2.24) is 0 Å². The Kier molecular flexibility index (Phi) is 4.56. The third-order valence-electron chi connectivity index (χ3n) is 3.42. The molecule has 0 bridgehead atoms. The predicted octanol–water partition coefficient (Wildman–Crippen LogP) is 6.72. The van der Waals surface area contributed by atoms with Gasteiger partial charge in [-0.2, -0.15) is 39.5 Å². The molecule has 0 spiro atoms. The molecule has 136 valence electrons. The summed E-state index contributed by atoms with van der Waals surface area (Å²) < 4.78 is 117. The molecule has 0 unspecified atom stereocenters. The minimum atomic E-state index is -5.26. The van der Waals surface area contributed by atoms with E-state index in [2.05, 4.69) is 0 Å². The van der Waals surface area contributed by atoms with Gasteiger partial charge in [0.25, 0.3) is 0 Å². The van der Waals surface area contributed by atoms with Gasteiger partial charge in [0.2, 0.25) is 0 Å². The van der Waals surface area contributed by atoms with Crippen molar-refractivity contribution in [3.63, 3.8) is 0 Å². The highest BCUT2D eigenvalue weighted by atomic mass is 19.4. The number of halogens is 9. The summed E-state index contributed by atoms with van der Waals surface area (Å²) in [6.45, 7) is 1.32. The lowest BCUT2D eigenvalue weighted by Gasteiger charge is -2.19. The van der Waals surface area contributed by atoms with Crippen LogP contribution in [-0.2, 0) is 18.5 Å². The average molecular weight is 372 g/mol. The van der Waals surface area contributed by atoms with Gasteiger partial charge in [-0.05, 0) is 36.2 Å². The molecule has 0 saturated carbocycles. The molecule has 9 heteroatoms. The molecule has 0 aliphatic heterocycles. The largest absolute Gasteiger partial charge is 0.417 e. The topological polar surface area (TPSA) is 0 Å². The minimum absolute atomic E-state index is 0.150. The molecule has 0 amide bonds. The summed E-state index contributed by atoms with van der Waals surface area (Å²) >= 11 is 0. The highest BCUT2D eigenvalue weighted by Gasteiger charge is 2.40. The second-order valence-corrected chi connectivity index (χ2v) is 5.30. The van der Waals surface area contributed by atoms with Crippen molar-refractivity contribution in [2.75, 3.05) is 0 Å². The summed E-state index contributed by atoms with van der Waals surface area (Å²) in [5.41, 5.74) is -6.37. The zero-order valence-electron chi connectivity index (χ0n) is 12.4. The van der Waals surface area contributed by atoms with Crippen molar-refractivity contribution in [3.05, 3.63) is 58.7 Å². The van der Waals surface area contributed by atoms with E-state index in [1.807, 2.05) is 0 Å². The Balaban J connectivity index is 2.81. The number of rotatable bonds is 1. The van der Waals surface area contributed by atoms with Gasteiger partial charge in [0, 0.05) is 0 Å². The maximum atomic E-state index is 13.2. The fourth-order valence-corrected chi connectivity index (χ4v) is 2.32. The van der Waals surface area contributed by atoms with Crippen LogP contribution in [0.4, 0.5) is 39.5 Å². The molecule has 0 heterocycles. The van der Waals surface area contributed by atoms with E-state index in [0.717, 1.165) is 12.1 Å². The molecule has 0 fully saturated rings. The van der Waals surface area contributed by atoms with Gasteiger partial charge in [-0.3, -0.25) is 0 Å². The maximum absolute atomic E-state index is 13.2. The number of benzene rings is 2. The molecule has 25 heavy (non-hydrogen) atoms. The first-order chi connectivity index (χ1) is 11.2. The van der Waals surface area contributed by atoms with Crippen LogP contribution in [-0.4, -0.2) is 0 Å². The molecule has 0 aromatic heterocycles. The molecule has 2 aromatic carbocycles. The average Bonchev–Trinajstić information content (AvgIpc) is 2.44. The van der Waals surface area contributed by atoms with Crippen molar-refractivity contribution >= 4 is 0 Å². The van der Waals surface area contributed by atoms with E-state index in [-0.39, 0.29) is 11.6 Å². The van der Waals surface area contributed by atoms with Crippen molar-refractivity contribution in [3.8, 4) is 11.1 Å². The van der Waals surface area contributed by atoms with Gasteiger partial charge in [-0.25, -0.2) is 0 Å². The molecule has 2 rings (SSSR count). The molecular formula is C16H9F9. The normalized spacial score (nSPS) is 13.2. The lowest BCUT2D eigenvalue weighted by molar-refractivity contribution is -0.143. The second-order valence-electron chi connectivity index (χ2n) is 5.30. The molecule has 0 N–H and O–H groups in total. The van der Waals surface area contributed by atoms with E-state index >= 15 is 0 Å². The molecule has 0 atom stereocenters. The third kappa shape index (κ3) is 4.08. The van der Waals surface area contributed by atoms with E-state index in [4.69, 9.17) is 0 Å². The SMILES string of the molecule is Cc1ccc(-c2ccc(C(F)(F)F)cc2C(F)(F)F)c(C(F)(F)F)c1. The van der Waals surface area contributed by atoms with Gasteiger partial charge in [0.15, 0.2) is 0 Å². The van der Waals surface area contributed by atoms with Crippen LogP contribution in [0.25, 0.3) is 11.1 Å². The molecule has 0 aliphatic carbocycles. The van der Waals surface area contributed by atoms with Crippen LogP contribution < -0.4 is 0 Å². The van der Waals surface area contributed by atoms with Gasteiger partial charge in [0.1, 0.15) is 0 Å². The van der Waals surface area contributed by atoms with Crippen LogP contribution >= 0.6 is 0 Å². The smallest absolute Gasteiger partial charge is 0.166 e. The highest BCUT2D eigenvalue weighted by Crippen LogP contribution is 2.44. The van der Waals surface area contributed by atoms with E-state index in [9.17, 15) is 39.5 Å². The number of aryl methyl sites for hydroxylation is 1. The minimum Gasteiger partial charge on any atom is -0.166 e. The van der Waals surface area contributed by atoms with Crippen molar-refractivity contribution < 1.29 is 39.5 Å². The monoisotopic (exact) mass is 372 g/mol. The van der Waals surface area contributed by atoms with E-state index in [1.54, 1.807) is 0 Å². The molecule has 0 saturated heterocycles. The third-order valence-corrected chi connectivity index (χ3v) is 3.42. The van der Waals surface area contributed by atoms with Crippen LogP contribution in [0.3, 0.4) is 0 Å². The summed E-state index contributed by atoms with van der Waals surface area (Å²) in [6.07, 6.45) is -15.3. The van der Waals surface area contributed by atoms with Gasteiger partial charge < -0.3 is 0 Å². The second kappa shape index (κ2) is 5.96. The summed E-state index contributed by atoms with van der Waals surface area (Å²) in [7, 11) is 0. The Morgan fingerprint density at radius 1 is 0.560 bits per heavy atom. The summed E-state index contributed by atoms with van der Waals surface area (Å²) in [4.78, 5) is 0. The summed E-state index contributed by atoms with van der Waals surface area (Å²) in [6, 6.07) is 3.16. The van der Waals surface area contributed by atoms with Gasteiger partial charge in [0.05, 0.1) is 16.7 Å². The quantitative estimate of drug-likeness (QED) is 0.488. The Morgan fingerprint density at radius 2 is 1.00 bits per heavy atom. The first-order valence-corrected chi connectivity index (χ1v) is 6.68. The summed E-state index contributed by atoms with van der Waals surface area (Å²) in [5, 5.41) is 0. The van der Waals surface area contributed by atoms with Gasteiger partial charge >= 0.3 is 18.5 Å². The first kappa shape index (κ1) is 19.1. The molecule has 2 aromatic rings. The standard InChI is InChI=1S/C16H9F9/c1-8-2-4-10(12(6-8)15(20,21)22)11-5-3-9(14(17,18)19)7-13(11)16(23,24)25/h2-7H,1H3. The van der Waals surface area contributed by atoms with Crippen molar-refractivity contribution in [1.29, 1.82) is 0 Å². The van der Waals surface area contributed by atoms with Crippen LogP contribution in [0.1, 0.15) is 22.3 Å². The Bertz CT molecular complexity index is 780. The number of hydrogen-bond acceptors (Lipinski definition) is 0. The fraction of sp³-hybridized carbons (Fsp3) is 0.250. The Labute approximate surface area is 135 Å². The van der Waals surface area contributed by atoms with Gasteiger partial charge in [-0.15, -0.1) is 0 Å². The number of hydrogen-bond donors (Lipinski definition) is 0. The van der Waals surface area contributed by atoms with E-state index in [1.165, 1.54) is 6.92 Å². The predicted molar refractivity (Wildman–Crippen MR) is 71.6 cm³/mol. The maximum Gasteiger partial charge on any atom is 0.417 e. The van der Waals surface area contributed by atoms with Crippen LogP contribution in [0.2, 0.25) is 0 Å². The zero-order valence-corrected chi connectivity index (χ0v) is 12.4. The van der Waals surface area contributed by atoms with Crippen LogP contribution in [0, 0.1) is 6.92 Å². The van der Waals surface area contributed by atoms with E-state index < -0.39 is 46.3 Å². The van der Waals surface area contributed by atoms with Crippen molar-refractivity contribution in [2.24, 2.45) is 0 Å². The Hall–Kier alpha value is -2.19. The lowest BCUT2D eigenvalue weighted by Crippen LogP contribution is -2.14. The zero-order chi connectivity index (χ0) is 19.2. The Morgan fingerprint density at radius 3 is 1.44 bits per heavy atom. The molecular weight excluding hydrogens is 363 g/mol. The summed E-state index contributed by atoms with van der Waals surface area (Å²) in [5.74, 6) is 0.